The van der Waals surface area contributed by atoms with Gasteiger partial charge in [-0.25, -0.2) is 0 Å². The van der Waals surface area contributed by atoms with Gasteiger partial charge in [-0.15, -0.1) is 10.2 Å². The molecule has 1 amide bonds. The topological polar surface area (TPSA) is 59.8 Å². The maximum absolute atomic E-state index is 13.0. The normalized spacial score (nSPS) is 10.9. The van der Waals surface area contributed by atoms with Gasteiger partial charge in [0, 0.05) is 33.0 Å². The van der Waals surface area contributed by atoms with Crippen molar-refractivity contribution >= 4 is 34.2 Å². The van der Waals surface area contributed by atoms with Crippen molar-refractivity contribution in [2.45, 2.75) is 0 Å². The lowest BCUT2D eigenvalue weighted by Gasteiger charge is -2.13. The highest BCUT2D eigenvalue weighted by molar-refractivity contribution is 6.31. The monoisotopic (exact) mass is 500 g/mol. The molecule has 1 N–H and O–H groups in total. The van der Waals surface area contributed by atoms with Crippen molar-refractivity contribution in [2.24, 2.45) is 0 Å². The maximum Gasteiger partial charge on any atom is 0.255 e. The molecule has 0 bridgehead atoms. The summed E-state index contributed by atoms with van der Waals surface area (Å²) >= 11 is 6.45. The molecular weight excluding hydrogens is 480 g/mol. The fourth-order valence-electron chi connectivity index (χ4n) is 4.37. The van der Waals surface area contributed by atoms with E-state index in [0.717, 1.165) is 33.5 Å². The number of nitrogens with one attached hydrogen (secondary N) is 1. The molecule has 178 valence electrons. The van der Waals surface area contributed by atoms with Crippen LogP contribution in [0.25, 0.3) is 39.0 Å². The Kier molecular flexibility index (Phi) is 5.97. The smallest absolute Gasteiger partial charge is 0.255 e. The van der Waals surface area contributed by atoms with Crippen molar-refractivity contribution in [3.05, 3.63) is 132 Å². The van der Waals surface area contributed by atoms with E-state index in [9.17, 15) is 4.79 Å². The summed E-state index contributed by atoms with van der Waals surface area (Å²) in [6.45, 7) is 0. The summed E-state index contributed by atoms with van der Waals surface area (Å²) in [4.78, 5) is 14.6. The Bertz CT molecular complexity index is 1720. The number of carbonyl (C=O) groups excluding carboxylic acids is 1. The molecule has 6 aromatic rings. The predicted octanol–water partition coefficient (Wildman–Crippen LogP) is 7.66. The Morgan fingerprint density at radius 2 is 1.24 bits per heavy atom. The molecule has 5 nitrogen and oxygen atoms in total. The standard InChI is InChI=1S/C31H21ClN4O/c32-23-16-19-28(33-31(37)22-12-6-2-7-13-22)27(20-23)26-18-17-25(21-10-4-1-5-11-21)29-30(26)35-36(34-29)24-14-8-3-9-15-24/h1-20H,(H,33,37). The fraction of sp³-hybridized carbons (Fsp3) is 0. The molecule has 0 aliphatic rings. The molecule has 5 aromatic carbocycles. The molecule has 6 rings (SSSR count). The van der Waals surface area contributed by atoms with Gasteiger partial charge in [-0.2, -0.15) is 4.80 Å². The van der Waals surface area contributed by atoms with Crippen LogP contribution in [0.1, 0.15) is 10.4 Å². The highest BCUT2D eigenvalue weighted by Gasteiger charge is 2.19. The minimum absolute atomic E-state index is 0.200. The molecule has 37 heavy (non-hydrogen) atoms. The molecule has 1 heterocycles. The van der Waals surface area contributed by atoms with Crippen LogP contribution in [0.3, 0.4) is 0 Å². The average Bonchev–Trinajstić information content (AvgIpc) is 3.41. The molecule has 1 aromatic heterocycles. The summed E-state index contributed by atoms with van der Waals surface area (Å²) in [6.07, 6.45) is 0. The molecule has 0 atom stereocenters. The zero-order valence-corrected chi connectivity index (χ0v) is 20.4. The Balaban J connectivity index is 1.54. The number of halogens is 1. The minimum atomic E-state index is -0.200. The number of carbonyl (C=O) groups is 1. The number of fused-ring (bicyclic) bond motifs is 1. The molecule has 0 unspecified atom stereocenters. The van der Waals surface area contributed by atoms with Crippen LogP contribution >= 0.6 is 11.6 Å². The van der Waals surface area contributed by atoms with Crippen molar-refractivity contribution in [1.82, 2.24) is 15.0 Å². The number of hydrogen-bond donors (Lipinski definition) is 1. The summed E-state index contributed by atoms with van der Waals surface area (Å²) in [7, 11) is 0. The Hall–Kier alpha value is -4.74. The first-order chi connectivity index (χ1) is 18.2. The molecule has 0 radical (unpaired) electrons. The largest absolute Gasteiger partial charge is 0.321 e. The van der Waals surface area contributed by atoms with E-state index in [4.69, 9.17) is 21.8 Å². The van der Waals surface area contributed by atoms with E-state index in [2.05, 4.69) is 17.4 Å². The van der Waals surface area contributed by atoms with Gasteiger partial charge in [0.15, 0.2) is 0 Å². The van der Waals surface area contributed by atoms with Crippen molar-refractivity contribution in [3.63, 3.8) is 0 Å². The highest BCUT2D eigenvalue weighted by Crippen LogP contribution is 2.38. The van der Waals surface area contributed by atoms with Crippen LogP contribution in [0.2, 0.25) is 5.02 Å². The van der Waals surface area contributed by atoms with E-state index in [-0.39, 0.29) is 5.91 Å². The van der Waals surface area contributed by atoms with Crippen LogP contribution in [0.15, 0.2) is 121 Å². The lowest BCUT2D eigenvalue weighted by atomic mass is 9.97. The molecular formula is C31H21ClN4O. The number of amides is 1. The van der Waals surface area contributed by atoms with Crippen LogP contribution in [0.5, 0.6) is 0 Å². The number of benzene rings is 5. The number of hydrogen-bond acceptors (Lipinski definition) is 3. The number of rotatable bonds is 5. The van der Waals surface area contributed by atoms with Gasteiger partial charge in [-0.1, -0.05) is 90.5 Å². The van der Waals surface area contributed by atoms with Crippen molar-refractivity contribution < 1.29 is 4.79 Å². The van der Waals surface area contributed by atoms with E-state index < -0.39 is 0 Å². The number of para-hydroxylation sites is 1. The van der Waals surface area contributed by atoms with E-state index in [1.807, 2.05) is 91.0 Å². The Morgan fingerprint density at radius 1 is 0.649 bits per heavy atom. The van der Waals surface area contributed by atoms with Crippen LogP contribution < -0.4 is 5.32 Å². The second kappa shape index (κ2) is 9.72. The molecule has 0 fully saturated rings. The van der Waals surface area contributed by atoms with Gasteiger partial charge >= 0.3 is 0 Å². The van der Waals surface area contributed by atoms with E-state index in [0.29, 0.717) is 21.8 Å². The molecule has 0 aliphatic carbocycles. The summed E-state index contributed by atoms with van der Waals surface area (Å²) in [5.41, 5.74) is 7.14. The maximum atomic E-state index is 13.0. The Morgan fingerprint density at radius 3 is 1.95 bits per heavy atom. The quantitative estimate of drug-likeness (QED) is 0.264. The van der Waals surface area contributed by atoms with E-state index >= 15 is 0 Å². The second-order valence-corrected chi connectivity index (χ2v) is 9.00. The third kappa shape index (κ3) is 4.48. The van der Waals surface area contributed by atoms with Crippen LogP contribution in [0.4, 0.5) is 5.69 Å². The van der Waals surface area contributed by atoms with Crippen molar-refractivity contribution in [1.29, 1.82) is 0 Å². The lowest BCUT2D eigenvalue weighted by Crippen LogP contribution is -2.12. The van der Waals surface area contributed by atoms with Crippen molar-refractivity contribution in [3.8, 4) is 27.9 Å². The number of nitrogens with zero attached hydrogens (tertiary/aromatic N) is 3. The van der Waals surface area contributed by atoms with Crippen LogP contribution in [-0.2, 0) is 0 Å². The molecule has 0 saturated carbocycles. The second-order valence-electron chi connectivity index (χ2n) is 8.56. The zero-order chi connectivity index (χ0) is 25.2. The van der Waals surface area contributed by atoms with Crippen molar-refractivity contribution in [2.75, 3.05) is 5.32 Å². The van der Waals surface area contributed by atoms with Gasteiger partial charge in [-0.3, -0.25) is 4.79 Å². The van der Waals surface area contributed by atoms with Gasteiger partial charge in [0.05, 0.1) is 5.69 Å². The third-order valence-electron chi connectivity index (χ3n) is 6.17. The van der Waals surface area contributed by atoms with Crippen LogP contribution in [-0.4, -0.2) is 20.9 Å². The summed E-state index contributed by atoms with van der Waals surface area (Å²) in [5, 5.41) is 13.4. The Labute approximate surface area is 219 Å². The first kappa shape index (κ1) is 22.7. The van der Waals surface area contributed by atoms with Gasteiger partial charge in [0.25, 0.3) is 5.91 Å². The third-order valence-corrected chi connectivity index (χ3v) is 6.40. The van der Waals surface area contributed by atoms with E-state index in [1.165, 1.54) is 0 Å². The van der Waals surface area contributed by atoms with Gasteiger partial charge in [-0.05, 0) is 48.0 Å². The molecule has 0 spiro atoms. The molecule has 0 aliphatic heterocycles. The first-order valence-corrected chi connectivity index (χ1v) is 12.2. The number of anilines is 1. The fourth-order valence-corrected chi connectivity index (χ4v) is 4.54. The zero-order valence-electron chi connectivity index (χ0n) is 19.7. The minimum Gasteiger partial charge on any atom is -0.321 e. The summed E-state index contributed by atoms with van der Waals surface area (Å²) in [5.74, 6) is -0.200. The first-order valence-electron chi connectivity index (χ1n) is 11.8. The van der Waals surface area contributed by atoms with Gasteiger partial charge in [0.2, 0.25) is 0 Å². The van der Waals surface area contributed by atoms with Gasteiger partial charge in [0.1, 0.15) is 11.0 Å². The van der Waals surface area contributed by atoms with Crippen LogP contribution in [0, 0.1) is 0 Å². The lowest BCUT2D eigenvalue weighted by molar-refractivity contribution is 0.102. The molecule has 0 saturated heterocycles. The summed E-state index contributed by atoms with van der Waals surface area (Å²) in [6, 6.07) is 38.5. The average molecular weight is 501 g/mol. The SMILES string of the molecule is O=C(Nc1ccc(Cl)cc1-c1ccc(-c2ccccc2)c2nn(-c3ccccc3)nc12)c1ccccc1. The molecule has 6 heteroatoms. The predicted molar refractivity (Wildman–Crippen MR) is 149 cm³/mol. The van der Waals surface area contributed by atoms with E-state index in [1.54, 1.807) is 23.0 Å². The highest BCUT2D eigenvalue weighted by atomic mass is 35.5. The van der Waals surface area contributed by atoms with Gasteiger partial charge < -0.3 is 5.32 Å². The summed E-state index contributed by atoms with van der Waals surface area (Å²) < 4.78 is 0. The number of aromatic nitrogens is 3.